The number of nitrogens with zero attached hydrogens (tertiary/aromatic N) is 2. The lowest BCUT2D eigenvalue weighted by Gasteiger charge is -2.07. The van der Waals surface area contributed by atoms with Gasteiger partial charge in [0.1, 0.15) is 0 Å². The van der Waals surface area contributed by atoms with Gasteiger partial charge in [0.05, 0.1) is 11.8 Å². The van der Waals surface area contributed by atoms with Crippen molar-refractivity contribution in [3.63, 3.8) is 0 Å². The Bertz CT molecular complexity index is 624. The number of halogens is 2. The summed E-state index contributed by atoms with van der Waals surface area (Å²) in [5.41, 5.74) is 2.60. The zero-order valence-corrected chi connectivity index (χ0v) is 12.9. The summed E-state index contributed by atoms with van der Waals surface area (Å²) in [5, 5.41) is 7.59. The highest BCUT2D eigenvalue weighted by molar-refractivity contribution is 9.10. The second-order valence-corrected chi connectivity index (χ2v) is 5.48. The Morgan fingerprint density at radius 2 is 2.26 bits per heavy atom. The van der Waals surface area contributed by atoms with Gasteiger partial charge in [-0.3, -0.25) is 9.48 Å². The lowest BCUT2D eigenvalue weighted by atomic mass is 10.2. The Morgan fingerprint density at radius 1 is 1.53 bits per heavy atom. The van der Waals surface area contributed by atoms with Gasteiger partial charge in [0, 0.05) is 34.3 Å². The van der Waals surface area contributed by atoms with Crippen molar-refractivity contribution in [1.82, 2.24) is 15.1 Å². The smallest absolute Gasteiger partial charge is 0.252 e. The van der Waals surface area contributed by atoms with Gasteiger partial charge >= 0.3 is 0 Å². The van der Waals surface area contributed by atoms with Crippen LogP contribution < -0.4 is 5.32 Å². The first kappa shape index (κ1) is 14.1. The van der Waals surface area contributed by atoms with Crippen molar-refractivity contribution >= 4 is 33.4 Å². The molecule has 0 aliphatic heterocycles. The SMILES string of the molecule is Cc1c(CNC(=O)c2ccc(Cl)cc2Br)cnn1C. The van der Waals surface area contributed by atoms with E-state index in [0.29, 0.717) is 21.6 Å². The van der Waals surface area contributed by atoms with E-state index < -0.39 is 0 Å². The summed E-state index contributed by atoms with van der Waals surface area (Å²) in [6.45, 7) is 2.42. The number of aromatic nitrogens is 2. The van der Waals surface area contributed by atoms with Gasteiger partial charge in [-0.25, -0.2) is 0 Å². The predicted octanol–water partition coefficient (Wildman–Crippen LogP) is 3.07. The quantitative estimate of drug-likeness (QED) is 0.932. The fraction of sp³-hybridized carbons (Fsp3) is 0.231. The molecule has 0 fully saturated rings. The summed E-state index contributed by atoms with van der Waals surface area (Å²) in [7, 11) is 1.87. The minimum Gasteiger partial charge on any atom is -0.348 e. The normalized spacial score (nSPS) is 10.5. The molecular formula is C13H13BrClN3O. The molecule has 19 heavy (non-hydrogen) atoms. The van der Waals surface area contributed by atoms with Gasteiger partial charge < -0.3 is 5.32 Å². The molecule has 0 radical (unpaired) electrons. The van der Waals surface area contributed by atoms with Crippen LogP contribution in [0.15, 0.2) is 28.9 Å². The Balaban J connectivity index is 2.07. The molecule has 1 aromatic carbocycles. The monoisotopic (exact) mass is 341 g/mol. The second kappa shape index (κ2) is 5.75. The Hall–Kier alpha value is -1.33. The molecular weight excluding hydrogens is 330 g/mol. The molecule has 1 amide bonds. The average Bonchev–Trinajstić information content (AvgIpc) is 2.67. The molecule has 1 heterocycles. The molecule has 0 spiro atoms. The molecule has 0 aliphatic rings. The average molecular weight is 343 g/mol. The van der Waals surface area contributed by atoms with Crippen LogP contribution in [-0.4, -0.2) is 15.7 Å². The van der Waals surface area contributed by atoms with Gasteiger partial charge in [-0.05, 0) is 41.1 Å². The molecule has 1 aromatic heterocycles. The van der Waals surface area contributed by atoms with Crippen LogP contribution in [0.5, 0.6) is 0 Å². The summed E-state index contributed by atoms with van der Waals surface area (Å²) >= 11 is 9.18. The van der Waals surface area contributed by atoms with E-state index in [0.717, 1.165) is 11.3 Å². The van der Waals surface area contributed by atoms with Gasteiger partial charge in [0.15, 0.2) is 0 Å². The van der Waals surface area contributed by atoms with E-state index in [1.54, 1.807) is 29.1 Å². The minimum atomic E-state index is -0.146. The van der Waals surface area contributed by atoms with Crippen molar-refractivity contribution < 1.29 is 4.79 Å². The number of amides is 1. The Labute approximate surface area is 124 Å². The number of hydrogen-bond donors (Lipinski definition) is 1. The van der Waals surface area contributed by atoms with Crippen LogP contribution in [-0.2, 0) is 13.6 Å². The first-order chi connectivity index (χ1) is 8.99. The third-order valence-corrected chi connectivity index (χ3v) is 3.84. The highest BCUT2D eigenvalue weighted by Gasteiger charge is 2.11. The van der Waals surface area contributed by atoms with E-state index in [2.05, 4.69) is 26.3 Å². The first-order valence-corrected chi connectivity index (χ1v) is 6.87. The Morgan fingerprint density at radius 3 is 2.84 bits per heavy atom. The van der Waals surface area contributed by atoms with E-state index in [1.165, 1.54) is 0 Å². The zero-order chi connectivity index (χ0) is 14.0. The Kier molecular flexibility index (Phi) is 4.27. The third kappa shape index (κ3) is 3.16. The number of aryl methyl sites for hydroxylation is 1. The van der Waals surface area contributed by atoms with E-state index in [4.69, 9.17) is 11.6 Å². The van der Waals surface area contributed by atoms with Crippen LogP contribution in [0, 0.1) is 6.92 Å². The summed E-state index contributed by atoms with van der Waals surface area (Å²) in [6, 6.07) is 5.08. The largest absolute Gasteiger partial charge is 0.348 e. The van der Waals surface area contributed by atoms with Crippen molar-refractivity contribution in [2.75, 3.05) is 0 Å². The van der Waals surface area contributed by atoms with Gasteiger partial charge in [-0.1, -0.05) is 11.6 Å². The molecule has 0 saturated carbocycles. The van der Waals surface area contributed by atoms with Gasteiger partial charge in [0.2, 0.25) is 0 Å². The van der Waals surface area contributed by atoms with Gasteiger partial charge in [0.25, 0.3) is 5.91 Å². The molecule has 0 saturated heterocycles. The maximum absolute atomic E-state index is 12.1. The van der Waals surface area contributed by atoms with Gasteiger partial charge in [-0.15, -0.1) is 0 Å². The van der Waals surface area contributed by atoms with Crippen molar-refractivity contribution in [2.45, 2.75) is 13.5 Å². The molecule has 1 N–H and O–H groups in total. The third-order valence-electron chi connectivity index (χ3n) is 2.95. The molecule has 100 valence electrons. The lowest BCUT2D eigenvalue weighted by molar-refractivity contribution is 0.0950. The van der Waals surface area contributed by atoms with Crippen LogP contribution in [0.25, 0.3) is 0 Å². The van der Waals surface area contributed by atoms with E-state index in [1.807, 2.05) is 14.0 Å². The highest BCUT2D eigenvalue weighted by atomic mass is 79.9. The van der Waals surface area contributed by atoms with Crippen LogP contribution in [0.1, 0.15) is 21.6 Å². The number of carbonyl (C=O) groups excluding carboxylic acids is 1. The van der Waals surface area contributed by atoms with E-state index >= 15 is 0 Å². The van der Waals surface area contributed by atoms with Crippen molar-refractivity contribution in [3.8, 4) is 0 Å². The number of nitrogens with one attached hydrogen (secondary N) is 1. The number of rotatable bonds is 3. The molecule has 2 aromatic rings. The highest BCUT2D eigenvalue weighted by Crippen LogP contribution is 2.21. The lowest BCUT2D eigenvalue weighted by Crippen LogP contribution is -2.23. The van der Waals surface area contributed by atoms with Crippen molar-refractivity contribution in [2.24, 2.45) is 7.05 Å². The van der Waals surface area contributed by atoms with Gasteiger partial charge in [-0.2, -0.15) is 5.10 Å². The first-order valence-electron chi connectivity index (χ1n) is 5.69. The van der Waals surface area contributed by atoms with E-state index in [9.17, 15) is 4.79 Å². The van der Waals surface area contributed by atoms with E-state index in [-0.39, 0.29) is 5.91 Å². The maximum Gasteiger partial charge on any atom is 0.252 e. The van der Waals surface area contributed by atoms with Crippen LogP contribution >= 0.6 is 27.5 Å². The molecule has 0 aliphatic carbocycles. The van der Waals surface area contributed by atoms with Crippen LogP contribution in [0.3, 0.4) is 0 Å². The summed E-state index contributed by atoms with van der Waals surface area (Å²) in [6.07, 6.45) is 1.76. The number of hydrogen-bond acceptors (Lipinski definition) is 2. The van der Waals surface area contributed by atoms with Crippen molar-refractivity contribution in [1.29, 1.82) is 0 Å². The van der Waals surface area contributed by atoms with Crippen LogP contribution in [0.2, 0.25) is 5.02 Å². The summed E-state index contributed by atoms with van der Waals surface area (Å²) in [5.74, 6) is -0.146. The predicted molar refractivity (Wildman–Crippen MR) is 78.3 cm³/mol. The summed E-state index contributed by atoms with van der Waals surface area (Å²) < 4.78 is 2.46. The number of carbonyl (C=O) groups is 1. The summed E-state index contributed by atoms with van der Waals surface area (Å²) in [4.78, 5) is 12.1. The van der Waals surface area contributed by atoms with Crippen molar-refractivity contribution in [3.05, 3.63) is 50.7 Å². The minimum absolute atomic E-state index is 0.146. The fourth-order valence-electron chi connectivity index (χ4n) is 1.66. The fourth-order valence-corrected chi connectivity index (χ4v) is 2.52. The molecule has 4 nitrogen and oxygen atoms in total. The zero-order valence-electron chi connectivity index (χ0n) is 10.6. The molecule has 0 atom stereocenters. The molecule has 0 unspecified atom stereocenters. The standard InChI is InChI=1S/C13H13BrClN3O/c1-8-9(7-17-18(8)2)6-16-13(19)11-4-3-10(15)5-12(11)14/h3-5,7H,6H2,1-2H3,(H,16,19). The topological polar surface area (TPSA) is 46.9 Å². The number of benzene rings is 1. The molecule has 6 heteroatoms. The maximum atomic E-state index is 12.1. The molecule has 0 bridgehead atoms. The van der Waals surface area contributed by atoms with Crippen LogP contribution in [0.4, 0.5) is 0 Å². The molecule has 2 rings (SSSR count). The second-order valence-electron chi connectivity index (χ2n) is 4.19.